The van der Waals surface area contributed by atoms with Crippen LogP contribution in [0.2, 0.25) is 0 Å². The maximum atomic E-state index is 5.78. The van der Waals surface area contributed by atoms with Gasteiger partial charge < -0.3 is 10.1 Å². The third-order valence-electron chi connectivity index (χ3n) is 3.69. The molecule has 1 aliphatic heterocycles. The van der Waals surface area contributed by atoms with Crippen LogP contribution in [0.4, 0.5) is 0 Å². The molecule has 0 aromatic carbocycles. The third-order valence-corrected chi connectivity index (χ3v) is 4.43. The van der Waals surface area contributed by atoms with Crippen LogP contribution >= 0.6 is 11.3 Å². The highest BCUT2D eigenvalue weighted by Gasteiger charge is 2.41. The molecule has 1 N–H and O–H groups in total. The van der Waals surface area contributed by atoms with Crippen LogP contribution < -0.4 is 5.32 Å². The van der Waals surface area contributed by atoms with Gasteiger partial charge >= 0.3 is 0 Å². The van der Waals surface area contributed by atoms with Gasteiger partial charge in [0.2, 0.25) is 0 Å². The van der Waals surface area contributed by atoms with Gasteiger partial charge in [-0.05, 0) is 48.7 Å². The molecule has 1 aliphatic rings. The molecule has 1 aromatic heterocycles. The number of rotatable bonds is 5. The molecular weight excluding hydrogens is 218 g/mol. The summed E-state index contributed by atoms with van der Waals surface area (Å²) in [5.41, 5.74) is 1.76. The topological polar surface area (TPSA) is 21.3 Å². The molecule has 0 aliphatic carbocycles. The summed E-state index contributed by atoms with van der Waals surface area (Å²) in [6.45, 7) is 7.41. The van der Waals surface area contributed by atoms with Gasteiger partial charge in [0.25, 0.3) is 0 Å². The van der Waals surface area contributed by atoms with Gasteiger partial charge in [-0.2, -0.15) is 11.3 Å². The van der Waals surface area contributed by atoms with Crippen LogP contribution in [0.1, 0.15) is 25.8 Å². The highest BCUT2D eigenvalue weighted by Crippen LogP contribution is 2.38. The van der Waals surface area contributed by atoms with Crippen molar-refractivity contribution in [3.8, 4) is 0 Å². The zero-order valence-electron chi connectivity index (χ0n) is 10.2. The fourth-order valence-corrected chi connectivity index (χ4v) is 3.19. The van der Waals surface area contributed by atoms with E-state index in [1.54, 1.807) is 11.3 Å². The summed E-state index contributed by atoms with van der Waals surface area (Å²) in [6, 6.07) is 2.24. The summed E-state index contributed by atoms with van der Waals surface area (Å²) >= 11 is 1.79. The van der Waals surface area contributed by atoms with E-state index in [4.69, 9.17) is 4.74 Å². The summed E-state index contributed by atoms with van der Waals surface area (Å²) < 4.78 is 5.78. The van der Waals surface area contributed by atoms with E-state index >= 15 is 0 Å². The standard InChI is InChI=1S/C13H21NOS/c1-3-14-10-13(5-6-15-11(13)2)8-12-4-7-16-9-12/h4,7,9,11,14H,3,5-6,8,10H2,1-2H3. The number of thiophene rings is 1. The molecule has 1 aromatic rings. The van der Waals surface area contributed by atoms with Crippen LogP contribution in [0.5, 0.6) is 0 Å². The quantitative estimate of drug-likeness (QED) is 0.853. The van der Waals surface area contributed by atoms with Gasteiger partial charge in [0.15, 0.2) is 0 Å². The lowest BCUT2D eigenvalue weighted by Crippen LogP contribution is -2.41. The SMILES string of the molecule is CCNCC1(Cc2ccsc2)CCOC1C. The molecule has 2 nitrogen and oxygen atoms in total. The van der Waals surface area contributed by atoms with Crippen molar-refractivity contribution in [3.05, 3.63) is 22.4 Å². The Bertz CT molecular complexity index is 312. The van der Waals surface area contributed by atoms with Crippen molar-refractivity contribution in [3.63, 3.8) is 0 Å². The first kappa shape index (κ1) is 12.1. The summed E-state index contributed by atoms with van der Waals surface area (Å²) in [5, 5.41) is 7.92. The Morgan fingerprint density at radius 2 is 2.50 bits per heavy atom. The summed E-state index contributed by atoms with van der Waals surface area (Å²) in [5.74, 6) is 0. The second-order valence-corrected chi connectivity index (χ2v) is 5.49. The van der Waals surface area contributed by atoms with Gasteiger partial charge in [-0.1, -0.05) is 6.92 Å². The predicted molar refractivity (Wildman–Crippen MR) is 69.0 cm³/mol. The largest absolute Gasteiger partial charge is 0.378 e. The zero-order valence-corrected chi connectivity index (χ0v) is 11.0. The minimum atomic E-state index is 0.303. The molecule has 2 atom stereocenters. The molecule has 3 heteroatoms. The Balaban J connectivity index is 2.08. The van der Waals surface area contributed by atoms with Gasteiger partial charge in [-0.25, -0.2) is 0 Å². The van der Waals surface area contributed by atoms with E-state index in [1.807, 2.05) is 0 Å². The molecule has 90 valence electrons. The smallest absolute Gasteiger partial charge is 0.0619 e. The first-order valence-corrected chi connectivity index (χ1v) is 7.04. The van der Waals surface area contributed by atoms with Crippen LogP contribution in [0, 0.1) is 5.41 Å². The van der Waals surface area contributed by atoms with E-state index in [-0.39, 0.29) is 0 Å². The van der Waals surface area contributed by atoms with E-state index in [0.717, 1.165) is 26.1 Å². The summed E-state index contributed by atoms with van der Waals surface area (Å²) in [6.07, 6.45) is 2.69. The average molecular weight is 239 g/mol. The summed E-state index contributed by atoms with van der Waals surface area (Å²) in [7, 11) is 0. The average Bonchev–Trinajstić information content (AvgIpc) is 2.88. The molecule has 0 spiro atoms. The molecule has 1 fully saturated rings. The van der Waals surface area contributed by atoms with Crippen molar-refractivity contribution in [2.24, 2.45) is 5.41 Å². The maximum absolute atomic E-state index is 5.78. The maximum Gasteiger partial charge on any atom is 0.0619 e. The molecule has 0 radical (unpaired) electrons. The van der Waals surface area contributed by atoms with E-state index in [9.17, 15) is 0 Å². The van der Waals surface area contributed by atoms with Gasteiger partial charge in [0.05, 0.1) is 6.10 Å². The lowest BCUT2D eigenvalue weighted by atomic mass is 9.76. The zero-order chi connectivity index (χ0) is 11.4. The molecule has 0 bridgehead atoms. The van der Waals surface area contributed by atoms with Crippen LogP contribution in [0.25, 0.3) is 0 Å². The normalized spacial score (nSPS) is 29.8. The van der Waals surface area contributed by atoms with Crippen molar-refractivity contribution in [2.45, 2.75) is 32.8 Å². The minimum absolute atomic E-state index is 0.303. The van der Waals surface area contributed by atoms with Crippen molar-refractivity contribution in [1.29, 1.82) is 0 Å². The van der Waals surface area contributed by atoms with Gasteiger partial charge in [-0.3, -0.25) is 0 Å². The molecule has 2 heterocycles. The molecule has 2 unspecified atom stereocenters. The number of ether oxygens (including phenoxy) is 1. The Hall–Kier alpha value is -0.380. The molecule has 0 saturated carbocycles. The first-order valence-electron chi connectivity index (χ1n) is 6.10. The van der Waals surface area contributed by atoms with Crippen molar-refractivity contribution >= 4 is 11.3 Å². The second-order valence-electron chi connectivity index (χ2n) is 4.71. The second kappa shape index (κ2) is 5.30. The highest BCUT2D eigenvalue weighted by molar-refractivity contribution is 7.07. The summed E-state index contributed by atoms with van der Waals surface area (Å²) in [4.78, 5) is 0. The fraction of sp³-hybridized carbons (Fsp3) is 0.692. The Morgan fingerprint density at radius 3 is 3.06 bits per heavy atom. The predicted octanol–water partition coefficient (Wildman–Crippen LogP) is 2.70. The van der Waals surface area contributed by atoms with Crippen molar-refractivity contribution in [1.82, 2.24) is 5.32 Å². The van der Waals surface area contributed by atoms with Gasteiger partial charge in [-0.15, -0.1) is 0 Å². The number of hydrogen-bond acceptors (Lipinski definition) is 3. The van der Waals surface area contributed by atoms with E-state index in [1.165, 1.54) is 12.0 Å². The van der Waals surface area contributed by atoms with Crippen molar-refractivity contribution in [2.75, 3.05) is 19.7 Å². The third kappa shape index (κ3) is 2.47. The van der Waals surface area contributed by atoms with Crippen LogP contribution in [-0.4, -0.2) is 25.8 Å². The molecule has 2 rings (SSSR count). The lowest BCUT2D eigenvalue weighted by molar-refractivity contribution is 0.0633. The van der Waals surface area contributed by atoms with Crippen LogP contribution in [-0.2, 0) is 11.2 Å². The Kier molecular flexibility index (Phi) is 4.00. The first-order chi connectivity index (χ1) is 7.77. The number of hydrogen-bond donors (Lipinski definition) is 1. The van der Waals surface area contributed by atoms with E-state index in [0.29, 0.717) is 11.5 Å². The monoisotopic (exact) mass is 239 g/mol. The van der Waals surface area contributed by atoms with Gasteiger partial charge in [0, 0.05) is 18.6 Å². The fourth-order valence-electron chi connectivity index (χ4n) is 2.52. The Morgan fingerprint density at radius 1 is 1.62 bits per heavy atom. The molecule has 0 amide bonds. The number of nitrogens with one attached hydrogen (secondary N) is 1. The molecule has 16 heavy (non-hydrogen) atoms. The van der Waals surface area contributed by atoms with Crippen molar-refractivity contribution < 1.29 is 4.74 Å². The Labute approximate surface area is 102 Å². The highest BCUT2D eigenvalue weighted by atomic mass is 32.1. The van der Waals surface area contributed by atoms with E-state index < -0.39 is 0 Å². The minimum Gasteiger partial charge on any atom is -0.378 e. The molecule has 1 saturated heterocycles. The van der Waals surface area contributed by atoms with Crippen LogP contribution in [0.3, 0.4) is 0 Å². The van der Waals surface area contributed by atoms with Gasteiger partial charge in [0.1, 0.15) is 0 Å². The molecular formula is C13H21NOS. The van der Waals surface area contributed by atoms with Crippen LogP contribution in [0.15, 0.2) is 16.8 Å². The lowest BCUT2D eigenvalue weighted by Gasteiger charge is -2.32. The van der Waals surface area contributed by atoms with E-state index in [2.05, 4.69) is 36.0 Å².